The van der Waals surface area contributed by atoms with Crippen molar-refractivity contribution in [3.63, 3.8) is 0 Å². The van der Waals surface area contributed by atoms with E-state index in [-0.39, 0.29) is 31.9 Å². The first-order chi connectivity index (χ1) is 6.90. The molecule has 16 heavy (non-hydrogen) atoms. The summed E-state index contributed by atoms with van der Waals surface area (Å²) in [5.41, 5.74) is 9.71. The molecule has 1 heterocycles. The molecular formula is C10H12ClN3OZn. The van der Waals surface area contributed by atoms with Gasteiger partial charge in [0, 0.05) is 25.2 Å². The van der Waals surface area contributed by atoms with Crippen LogP contribution in [0.5, 0.6) is 0 Å². The first-order valence-corrected chi connectivity index (χ1v) is 4.54. The van der Waals surface area contributed by atoms with Crippen molar-refractivity contribution in [2.24, 2.45) is 0 Å². The SMILES string of the molecule is Cl.[N-]=[N+]=C1CN(c2ccccc2)CCO1.[Zn]. The fraction of sp³-hybridized carbons (Fsp3) is 0.300. The minimum absolute atomic E-state index is 0. The molecule has 1 aromatic carbocycles. The Morgan fingerprint density at radius 1 is 1.25 bits per heavy atom. The van der Waals surface area contributed by atoms with Gasteiger partial charge in [-0.15, -0.1) is 17.2 Å². The molecule has 0 bridgehead atoms. The van der Waals surface area contributed by atoms with Gasteiger partial charge in [-0.25, -0.2) is 0 Å². The van der Waals surface area contributed by atoms with Gasteiger partial charge in [-0.3, -0.25) is 0 Å². The van der Waals surface area contributed by atoms with Gasteiger partial charge in [0.2, 0.25) is 0 Å². The fourth-order valence-electron chi connectivity index (χ4n) is 1.48. The largest absolute Gasteiger partial charge is 0.469 e. The molecule has 4 nitrogen and oxygen atoms in total. The zero-order valence-electron chi connectivity index (χ0n) is 8.87. The summed E-state index contributed by atoms with van der Waals surface area (Å²) in [6.07, 6.45) is 0. The van der Waals surface area contributed by atoms with Gasteiger partial charge >= 0.3 is 5.90 Å². The minimum Gasteiger partial charge on any atom is -0.433 e. The summed E-state index contributed by atoms with van der Waals surface area (Å²) in [6, 6.07) is 10.0. The first kappa shape index (κ1) is 15.1. The number of rotatable bonds is 1. The van der Waals surface area contributed by atoms with Crippen LogP contribution in [0, 0.1) is 0 Å². The number of halogens is 1. The van der Waals surface area contributed by atoms with E-state index in [0.29, 0.717) is 19.0 Å². The van der Waals surface area contributed by atoms with Crippen molar-refractivity contribution in [2.75, 3.05) is 24.6 Å². The maximum Gasteiger partial charge on any atom is 0.469 e. The molecule has 0 aromatic heterocycles. The summed E-state index contributed by atoms with van der Waals surface area (Å²) in [6.45, 7) is 1.91. The molecule has 0 spiro atoms. The molecule has 1 fully saturated rings. The van der Waals surface area contributed by atoms with Gasteiger partial charge in [-0.2, -0.15) is 0 Å². The minimum atomic E-state index is 0. The van der Waals surface area contributed by atoms with Crippen molar-refractivity contribution in [1.29, 1.82) is 0 Å². The number of anilines is 1. The second kappa shape index (κ2) is 7.40. The van der Waals surface area contributed by atoms with Crippen molar-refractivity contribution in [1.82, 2.24) is 0 Å². The van der Waals surface area contributed by atoms with Crippen LogP contribution in [0.1, 0.15) is 0 Å². The van der Waals surface area contributed by atoms with Crippen LogP contribution in [0.25, 0.3) is 5.53 Å². The van der Waals surface area contributed by atoms with E-state index in [1.807, 2.05) is 30.3 Å². The molecule has 6 heteroatoms. The van der Waals surface area contributed by atoms with Gasteiger partial charge in [-0.1, -0.05) is 18.2 Å². The average molecular weight is 291 g/mol. The second-order valence-corrected chi connectivity index (χ2v) is 3.10. The predicted octanol–water partition coefficient (Wildman–Crippen LogP) is 1.57. The molecule has 1 aliphatic heterocycles. The van der Waals surface area contributed by atoms with Crippen LogP contribution in [0.2, 0.25) is 0 Å². The van der Waals surface area contributed by atoms with Gasteiger partial charge in [0.15, 0.2) is 6.54 Å². The number of nitrogens with zero attached hydrogens (tertiary/aromatic N) is 3. The third-order valence-electron chi connectivity index (χ3n) is 2.19. The standard InChI is InChI=1S/C10H11N3O.ClH.Zn/c11-12-10-8-13(6-7-14-10)9-4-2-1-3-5-9;;/h1-5H,6-8H2;1H;. The number of hydrogen-bond acceptors (Lipinski definition) is 2. The van der Waals surface area contributed by atoms with Crippen LogP contribution in [-0.2, 0) is 24.2 Å². The first-order valence-electron chi connectivity index (χ1n) is 4.54. The number of morpholine rings is 1. The molecule has 0 N–H and O–H groups in total. The third kappa shape index (κ3) is 3.60. The van der Waals surface area contributed by atoms with E-state index in [4.69, 9.17) is 10.3 Å². The zero-order chi connectivity index (χ0) is 9.80. The van der Waals surface area contributed by atoms with Crippen molar-refractivity contribution in [3.8, 4) is 0 Å². The van der Waals surface area contributed by atoms with E-state index in [1.165, 1.54) is 0 Å². The number of para-hydroxylation sites is 1. The topological polar surface area (TPSA) is 48.9 Å². The maximum absolute atomic E-state index is 8.59. The van der Waals surface area contributed by atoms with E-state index >= 15 is 0 Å². The van der Waals surface area contributed by atoms with Gasteiger partial charge in [0.1, 0.15) is 6.61 Å². The number of ether oxygens (including phenoxy) is 1. The third-order valence-corrected chi connectivity index (χ3v) is 2.19. The Labute approximate surface area is 113 Å². The molecule has 0 aliphatic carbocycles. The van der Waals surface area contributed by atoms with Crippen molar-refractivity contribution in [2.45, 2.75) is 0 Å². The summed E-state index contributed by atoms with van der Waals surface area (Å²) in [5, 5.41) is 0. The van der Waals surface area contributed by atoms with Crippen LogP contribution < -0.4 is 4.90 Å². The molecular weight excluding hydrogens is 279 g/mol. The summed E-state index contributed by atoms with van der Waals surface area (Å²) in [4.78, 5) is 5.19. The van der Waals surface area contributed by atoms with Crippen LogP contribution in [-0.4, -0.2) is 30.4 Å². The Morgan fingerprint density at radius 2 is 1.94 bits per heavy atom. The molecule has 1 aromatic rings. The van der Waals surface area contributed by atoms with E-state index in [9.17, 15) is 0 Å². The quantitative estimate of drug-likeness (QED) is 0.448. The van der Waals surface area contributed by atoms with Crippen LogP contribution in [0.15, 0.2) is 30.3 Å². The average Bonchev–Trinajstić information content (AvgIpc) is 2.30. The van der Waals surface area contributed by atoms with E-state index in [1.54, 1.807) is 0 Å². The summed E-state index contributed by atoms with van der Waals surface area (Å²) < 4.78 is 5.14. The van der Waals surface area contributed by atoms with Crippen molar-refractivity contribution in [3.05, 3.63) is 35.9 Å². The van der Waals surface area contributed by atoms with Crippen molar-refractivity contribution >= 4 is 24.0 Å². The molecule has 0 saturated carbocycles. The van der Waals surface area contributed by atoms with E-state index < -0.39 is 0 Å². The molecule has 1 saturated heterocycles. The van der Waals surface area contributed by atoms with Crippen LogP contribution in [0.4, 0.5) is 5.69 Å². The van der Waals surface area contributed by atoms with Gasteiger partial charge < -0.3 is 15.2 Å². The Morgan fingerprint density at radius 3 is 2.56 bits per heavy atom. The van der Waals surface area contributed by atoms with Crippen LogP contribution >= 0.6 is 12.4 Å². The Balaban J connectivity index is 0.00000112. The van der Waals surface area contributed by atoms with Crippen molar-refractivity contribution < 1.29 is 29.0 Å². The number of benzene rings is 1. The number of hydrogen-bond donors (Lipinski definition) is 0. The molecule has 0 radical (unpaired) electrons. The summed E-state index contributed by atoms with van der Waals surface area (Å²) >= 11 is 0. The van der Waals surface area contributed by atoms with E-state index in [0.717, 1.165) is 12.2 Å². The molecule has 0 amide bonds. The Kier molecular flexibility index (Phi) is 6.99. The Bertz CT molecular complexity index is 368. The normalized spacial score (nSPS) is 14.0. The molecule has 82 valence electrons. The molecule has 1 aliphatic rings. The van der Waals surface area contributed by atoms with Gasteiger partial charge in [0.05, 0.1) is 6.54 Å². The van der Waals surface area contributed by atoms with Crippen LogP contribution in [0.3, 0.4) is 0 Å². The maximum atomic E-state index is 8.59. The predicted molar refractivity (Wildman–Crippen MR) is 60.5 cm³/mol. The molecule has 2 rings (SSSR count). The van der Waals surface area contributed by atoms with Gasteiger partial charge in [0.25, 0.3) is 0 Å². The fourth-order valence-corrected chi connectivity index (χ4v) is 1.48. The molecule has 0 unspecified atom stereocenters. The smallest absolute Gasteiger partial charge is 0.433 e. The Hall–Kier alpha value is -0.887. The summed E-state index contributed by atoms with van der Waals surface area (Å²) in [7, 11) is 0. The summed E-state index contributed by atoms with van der Waals surface area (Å²) in [5.74, 6) is 0.375. The second-order valence-electron chi connectivity index (χ2n) is 3.10. The molecule has 0 atom stereocenters. The zero-order valence-corrected chi connectivity index (χ0v) is 12.7. The van der Waals surface area contributed by atoms with E-state index in [2.05, 4.69) is 9.69 Å². The van der Waals surface area contributed by atoms with Gasteiger partial charge in [-0.05, 0) is 12.1 Å². The monoisotopic (exact) mass is 289 g/mol.